The number of rotatable bonds is 7. The lowest BCUT2D eigenvalue weighted by Crippen LogP contribution is -2.27. The van der Waals surface area contributed by atoms with Crippen LogP contribution >= 0.6 is 0 Å². The Balaban J connectivity index is 1.89. The molecule has 1 aromatic heterocycles. The maximum Gasteiger partial charge on any atom is 0.224 e. The lowest BCUT2D eigenvalue weighted by atomic mass is 10.1. The number of aromatic nitrogens is 2. The highest BCUT2D eigenvalue weighted by atomic mass is 16.5. The van der Waals surface area contributed by atoms with Gasteiger partial charge in [0.25, 0.3) is 0 Å². The second-order valence-electron chi connectivity index (χ2n) is 7.29. The zero-order chi connectivity index (χ0) is 19.1. The van der Waals surface area contributed by atoms with E-state index in [1.54, 1.807) is 7.11 Å². The average molecular weight is 370 g/mol. The fraction of sp³-hybridized carbons (Fsp3) is 0.524. The van der Waals surface area contributed by atoms with Crippen molar-refractivity contribution in [2.45, 2.75) is 25.7 Å². The van der Waals surface area contributed by atoms with Gasteiger partial charge in [0.15, 0.2) is 0 Å². The van der Waals surface area contributed by atoms with Gasteiger partial charge < -0.3 is 19.9 Å². The highest BCUT2D eigenvalue weighted by Crippen LogP contribution is 2.32. The Morgan fingerprint density at radius 2 is 1.78 bits per heavy atom. The van der Waals surface area contributed by atoms with Crippen LogP contribution in [0.1, 0.15) is 25.7 Å². The van der Waals surface area contributed by atoms with Gasteiger partial charge in [-0.15, -0.1) is 0 Å². The van der Waals surface area contributed by atoms with Crippen molar-refractivity contribution in [2.75, 3.05) is 57.6 Å². The summed E-state index contributed by atoms with van der Waals surface area (Å²) in [5, 5.41) is 3.36. The SMILES string of the molecule is COc1ccc(-c2cnc(NCCN(C)C)nc2N2CCCCCC2)cc1. The molecule has 1 saturated heterocycles. The van der Waals surface area contributed by atoms with E-state index in [9.17, 15) is 0 Å². The van der Waals surface area contributed by atoms with E-state index >= 15 is 0 Å². The Hall–Kier alpha value is -2.34. The minimum atomic E-state index is 0.702. The molecule has 0 bridgehead atoms. The normalized spacial score (nSPS) is 14.9. The number of methoxy groups -OCH3 is 1. The van der Waals surface area contributed by atoms with Crippen molar-refractivity contribution in [2.24, 2.45) is 0 Å². The van der Waals surface area contributed by atoms with Gasteiger partial charge in [-0.3, -0.25) is 0 Å². The van der Waals surface area contributed by atoms with Gasteiger partial charge in [-0.2, -0.15) is 4.98 Å². The first-order valence-corrected chi connectivity index (χ1v) is 9.82. The predicted octanol–water partition coefficient (Wildman–Crippen LogP) is 3.51. The Morgan fingerprint density at radius 3 is 2.41 bits per heavy atom. The average Bonchev–Trinajstić information content (AvgIpc) is 2.97. The van der Waals surface area contributed by atoms with E-state index in [2.05, 4.69) is 46.3 Å². The van der Waals surface area contributed by atoms with E-state index in [1.807, 2.05) is 18.3 Å². The van der Waals surface area contributed by atoms with Crippen LogP contribution in [0.3, 0.4) is 0 Å². The van der Waals surface area contributed by atoms with Crippen molar-refractivity contribution in [1.82, 2.24) is 14.9 Å². The molecule has 1 N–H and O–H groups in total. The molecule has 6 nitrogen and oxygen atoms in total. The van der Waals surface area contributed by atoms with Gasteiger partial charge in [0.2, 0.25) is 5.95 Å². The molecular formula is C21H31N5O. The van der Waals surface area contributed by atoms with Crippen LogP contribution in [0.15, 0.2) is 30.5 Å². The van der Waals surface area contributed by atoms with Gasteiger partial charge in [0.1, 0.15) is 11.6 Å². The van der Waals surface area contributed by atoms with E-state index < -0.39 is 0 Å². The second kappa shape index (κ2) is 9.55. The molecule has 146 valence electrons. The molecule has 27 heavy (non-hydrogen) atoms. The van der Waals surface area contributed by atoms with Crippen LogP contribution in [-0.2, 0) is 0 Å². The summed E-state index contributed by atoms with van der Waals surface area (Å²) in [6.45, 7) is 3.88. The minimum absolute atomic E-state index is 0.702. The lowest BCUT2D eigenvalue weighted by molar-refractivity contribution is 0.415. The van der Waals surface area contributed by atoms with Crippen molar-refractivity contribution in [1.29, 1.82) is 0 Å². The first-order chi connectivity index (χ1) is 13.2. The van der Waals surface area contributed by atoms with Gasteiger partial charge >= 0.3 is 0 Å². The quantitative estimate of drug-likeness (QED) is 0.806. The second-order valence-corrected chi connectivity index (χ2v) is 7.29. The molecule has 1 aliphatic rings. The standard InChI is InChI=1S/C21H31N5O/c1-25(2)15-12-22-21-23-16-19(17-8-10-18(27-3)11-9-17)20(24-21)26-13-6-4-5-7-14-26/h8-11,16H,4-7,12-15H2,1-3H3,(H,22,23,24). The van der Waals surface area contributed by atoms with Gasteiger partial charge in [0.05, 0.1) is 7.11 Å². The molecule has 6 heteroatoms. The molecule has 3 rings (SSSR count). The third-order valence-corrected chi connectivity index (χ3v) is 4.92. The summed E-state index contributed by atoms with van der Waals surface area (Å²) >= 11 is 0. The summed E-state index contributed by atoms with van der Waals surface area (Å²) in [6.07, 6.45) is 6.98. The largest absolute Gasteiger partial charge is 0.497 e. The number of hydrogen-bond donors (Lipinski definition) is 1. The highest BCUT2D eigenvalue weighted by Gasteiger charge is 2.18. The minimum Gasteiger partial charge on any atom is -0.497 e. The molecule has 0 amide bonds. The van der Waals surface area contributed by atoms with E-state index in [4.69, 9.17) is 9.72 Å². The van der Waals surface area contributed by atoms with Crippen LogP contribution in [0.25, 0.3) is 11.1 Å². The van der Waals surface area contributed by atoms with Crippen molar-refractivity contribution < 1.29 is 4.74 Å². The summed E-state index contributed by atoms with van der Waals surface area (Å²) in [5.41, 5.74) is 2.20. The first kappa shape index (κ1) is 19.4. The van der Waals surface area contributed by atoms with Gasteiger partial charge in [-0.1, -0.05) is 25.0 Å². The van der Waals surface area contributed by atoms with E-state index in [0.717, 1.165) is 48.9 Å². The summed E-state index contributed by atoms with van der Waals surface area (Å²) in [6, 6.07) is 8.14. The number of likely N-dealkylation sites (N-methyl/N-ethyl adjacent to an activating group) is 1. The summed E-state index contributed by atoms with van der Waals surface area (Å²) < 4.78 is 5.30. The number of anilines is 2. The Kier molecular flexibility index (Phi) is 6.87. The molecule has 0 atom stereocenters. The number of ether oxygens (including phenoxy) is 1. The lowest BCUT2D eigenvalue weighted by Gasteiger charge is -2.24. The summed E-state index contributed by atoms with van der Waals surface area (Å²) in [4.78, 5) is 14.1. The van der Waals surface area contributed by atoms with Crippen molar-refractivity contribution in [3.05, 3.63) is 30.5 Å². The van der Waals surface area contributed by atoms with Gasteiger partial charge in [-0.25, -0.2) is 4.98 Å². The molecule has 0 unspecified atom stereocenters. The fourth-order valence-corrected chi connectivity index (χ4v) is 3.35. The maximum atomic E-state index is 5.30. The highest BCUT2D eigenvalue weighted by molar-refractivity contribution is 5.76. The number of benzene rings is 1. The first-order valence-electron chi connectivity index (χ1n) is 9.82. The molecule has 0 saturated carbocycles. The van der Waals surface area contributed by atoms with Crippen LogP contribution in [-0.4, -0.2) is 62.3 Å². The van der Waals surface area contributed by atoms with Crippen molar-refractivity contribution in [3.63, 3.8) is 0 Å². The number of nitrogens with zero attached hydrogens (tertiary/aromatic N) is 4. The number of hydrogen-bond acceptors (Lipinski definition) is 6. The fourth-order valence-electron chi connectivity index (χ4n) is 3.35. The zero-order valence-corrected chi connectivity index (χ0v) is 16.7. The number of nitrogens with one attached hydrogen (secondary N) is 1. The van der Waals surface area contributed by atoms with Crippen LogP contribution < -0.4 is 15.0 Å². The predicted molar refractivity (Wildman–Crippen MR) is 112 cm³/mol. The maximum absolute atomic E-state index is 5.30. The van der Waals surface area contributed by atoms with Crippen LogP contribution in [0.2, 0.25) is 0 Å². The smallest absolute Gasteiger partial charge is 0.224 e. The van der Waals surface area contributed by atoms with Crippen LogP contribution in [0, 0.1) is 0 Å². The van der Waals surface area contributed by atoms with Crippen LogP contribution in [0.5, 0.6) is 5.75 Å². The summed E-state index contributed by atoms with van der Waals surface area (Å²) in [5.74, 6) is 2.59. The molecule has 2 heterocycles. The topological polar surface area (TPSA) is 53.5 Å². The molecular weight excluding hydrogens is 338 g/mol. The van der Waals surface area contributed by atoms with E-state index in [1.165, 1.54) is 25.7 Å². The Labute approximate surface area is 162 Å². The van der Waals surface area contributed by atoms with Crippen molar-refractivity contribution >= 4 is 11.8 Å². The molecule has 1 aromatic carbocycles. The van der Waals surface area contributed by atoms with E-state index in [0.29, 0.717) is 5.95 Å². The monoisotopic (exact) mass is 369 g/mol. The van der Waals surface area contributed by atoms with Crippen molar-refractivity contribution in [3.8, 4) is 16.9 Å². The Bertz CT molecular complexity index is 709. The van der Waals surface area contributed by atoms with Gasteiger partial charge in [-0.05, 0) is 44.6 Å². The third kappa shape index (κ3) is 5.32. The summed E-state index contributed by atoms with van der Waals surface area (Å²) in [7, 11) is 5.82. The third-order valence-electron chi connectivity index (χ3n) is 4.92. The molecule has 0 aliphatic carbocycles. The van der Waals surface area contributed by atoms with E-state index in [-0.39, 0.29) is 0 Å². The van der Waals surface area contributed by atoms with Gasteiger partial charge in [0, 0.05) is 37.9 Å². The molecule has 1 aliphatic heterocycles. The molecule has 2 aromatic rings. The van der Waals surface area contributed by atoms with Crippen LogP contribution in [0.4, 0.5) is 11.8 Å². The molecule has 0 spiro atoms. The Morgan fingerprint density at radius 1 is 1.07 bits per heavy atom. The molecule has 0 radical (unpaired) electrons. The zero-order valence-electron chi connectivity index (χ0n) is 16.7. The molecule has 1 fully saturated rings.